The largest absolute Gasteiger partial charge is 0.493 e. The second-order valence-electron chi connectivity index (χ2n) is 8.21. The molecule has 0 aliphatic heterocycles. The number of hydrogen-bond donors (Lipinski definition) is 2. The molecule has 176 valence electrons. The van der Waals surface area contributed by atoms with Gasteiger partial charge in [-0.15, -0.1) is 0 Å². The number of nitrogens with one attached hydrogen (secondary N) is 2. The molecular weight excluding hydrogens is 408 g/mol. The predicted molar refractivity (Wildman–Crippen MR) is 126 cm³/mol. The van der Waals surface area contributed by atoms with Gasteiger partial charge in [0.15, 0.2) is 23.0 Å². The molecule has 2 amide bonds. The van der Waals surface area contributed by atoms with Crippen LogP contribution in [0.2, 0.25) is 0 Å². The van der Waals surface area contributed by atoms with E-state index in [1.807, 2.05) is 77.9 Å². The van der Waals surface area contributed by atoms with E-state index in [4.69, 9.17) is 18.9 Å². The minimum Gasteiger partial charge on any atom is -0.493 e. The molecule has 0 spiro atoms. The Labute approximate surface area is 191 Å². The fourth-order valence-corrected chi connectivity index (χ4v) is 3.21. The van der Waals surface area contributed by atoms with E-state index in [0.717, 1.165) is 11.1 Å². The van der Waals surface area contributed by atoms with Crippen LogP contribution in [0, 0.1) is 0 Å². The normalized spacial score (nSPS) is 12.8. The molecule has 0 unspecified atom stereocenters. The lowest BCUT2D eigenvalue weighted by Crippen LogP contribution is -2.38. The molecule has 0 saturated heterocycles. The van der Waals surface area contributed by atoms with E-state index < -0.39 is 0 Å². The minimum atomic E-state index is -0.270. The third kappa shape index (κ3) is 6.97. The van der Waals surface area contributed by atoms with Gasteiger partial charge in [0.2, 0.25) is 0 Å². The highest BCUT2D eigenvalue weighted by molar-refractivity contribution is 5.75. The Bertz CT molecular complexity index is 826. The Morgan fingerprint density at radius 1 is 0.656 bits per heavy atom. The van der Waals surface area contributed by atoms with Crippen LogP contribution in [0.4, 0.5) is 4.79 Å². The summed E-state index contributed by atoms with van der Waals surface area (Å²) < 4.78 is 22.4. The third-order valence-electron chi connectivity index (χ3n) is 4.80. The van der Waals surface area contributed by atoms with Crippen molar-refractivity contribution in [1.82, 2.24) is 10.6 Å². The molecule has 0 aromatic heterocycles. The number of rotatable bonds is 10. The summed E-state index contributed by atoms with van der Waals surface area (Å²) >= 11 is 0. The molecule has 7 heteroatoms. The SMILES string of the molecule is COc1cc([C@H](C)NC(=O)N[C@@H](C)c2ccc(OC(C)C)c(OC)c2)ccc1OC(C)C. The average molecular weight is 445 g/mol. The highest BCUT2D eigenvalue weighted by Gasteiger charge is 2.17. The topological polar surface area (TPSA) is 78.1 Å². The molecule has 2 rings (SSSR count). The summed E-state index contributed by atoms with van der Waals surface area (Å²) in [6.45, 7) is 11.7. The number of ether oxygens (including phenoxy) is 4. The molecule has 32 heavy (non-hydrogen) atoms. The number of amides is 2. The van der Waals surface area contributed by atoms with Gasteiger partial charge in [0.1, 0.15) is 0 Å². The maximum absolute atomic E-state index is 12.6. The quantitative estimate of drug-likeness (QED) is 0.513. The van der Waals surface area contributed by atoms with Crippen LogP contribution < -0.4 is 29.6 Å². The monoisotopic (exact) mass is 444 g/mol. The van der Waals surface area contributed by atoms with Crippen LogP contribution in [0.5, 0.6) is 23.0 Å². The van der Waals surface area contributed by atoms with Crippen molar-refractivity contribution in [2.24, 2.45) is 0 Å². The maximum atomic E-state index is 12.6. The zero-order valence-electron chi connectivity index (χ0n) is 20.3. The summed E-state index contributed by atoms with van der Waals surface area (Å²) in [5, 5.41) is 5.94. The van der Waals surface area contributed by atoms with Crippen LogP contribution in [-0.4, -0.2) is 32.5 Å². The summed E-state index contributed by atoms with van der Waals surface area (Å²) in [6.07, 6.45) is 0.0874. The maximum Gasteiger partial charge on any atom is 0.315 e. The molecule has 0 saturated carbocycles. The second-order valence-corrected chi connectivity index (χ2v) is 8.21. The lowest BCUT2D eigenvalue weighted by Gasteiger charge is -2.21. The van der Waals surface area contributed by atoms with Gasteiger partial charge in [-0.3, -0.25) is 0 Å². The first-order valence-electron chi connectivity index (χ1n) is 10.9. The van der Waals surface area contributed by atoms with Crippen molar-refractivity contribution in [3.63, 3.8) is 0 Å². The van der Waals surface area contributed by atoms with Crippen molar-refractivity contribution < 1.29 is 23.7 Å². The van der Waals surface area contributed by atoms with Crippen molar-refractivity contribution in [1.29, 1.82) is 0 Å². The van der Waals surface area contributed by atoms with Crippen LogP contribution >= 0.6 is 0 Å². The fourth-order valence-electron chi connectivity index (χ4n) is 3.21. The minimum absolute atomic E-state index is 0.0437. The first-order valence-corrected chi connectivity index (χ1v) is 10.9. The first kappa shape index (κ1) is 25.2. The Balaban J connectivity index is 2.04. The Kier molecular flexibility index (Phi) is 9.05. The highest BCUT2D eigenvalue weighted by Crippen LogP contribution is 2.32. The molecule has 2 atom stereocenters. The van der Waals surface area contributed by atoms with Crippen LogP contribution in [0.15, 0.2) is 36.4 Å². The van der Waals surface area contributed by atoms with Crippen molar-refractivity contribution in [3.8, 4) is 23.0 Å². The van der Waals surface area contributed by atoms with Crippen molar-refractivity contribution >= 4 is 6.03 Å². The van der Waals surface area contributed by atoms with Gasteiger partial charge in [0.05, 0.1) is 38.5 Å². The Morgan fingerprint density at radius 2 is 1.03 bits per heavy atom. The fraction of sp³-hybridized carbons (Fsp3) is 0.480. The van der Waals surface area contributed by atoms with E-state index in [0.29, 0.717) is 23.0 Å². The molecule has 7 nitrogen and oxygen atoms in total. The number of methoxy groups -OCH3 is 2. The zero-order chi connectivity index (χ0) is 23.8. The lowest BCUT2D eigenvalue weighted by atomic mass is 10.1. The van der Waals surface area contributed by atoms with Crippen LogP contribution in [0.25, 0.3) is 0 Å². The van der Waals surface area contributed by atoms with E-state index in [-0.39, 0.29) is 30.3 Å². The average Bonchev–Trinajstić information content (AvgIpc) is 2.73. The third-order valence-corrected chi connectivity index (χ3v) is 4.80. The van der Waals surface area contributed by atoms with Crippen molar-refractivity contribution in [2.75, 3.05) is 14.2 Å². The van der Waals surface area contributed by atoms with Gasteiger partial charge in [-0.1, -0.05) is 12.1 Å². The van der Waals surface area contributed by atoms with E-state index in [1.54, 1.807) is 14.2 Å². The number of benzene rings is 2. The van der Waals surface area contributed by atoms with Gasteiger partial charge in [-0.2, -0.15) is 0 Å². The van der Waals surface area contributed by atoms with E-state index in [9.17, 15) is 4.79 Å². The first-order chi connectivity index (χ1) is 15.1. The molecule has 2 aromatic carbocycles. The second kappa shape index (κ2) is 11.5. The summed E-state index contributed by atoms with van der Waals surface area (Å²) in [5.41, 5.74) is 1.83. The molecule has 2 aromatic rings. The summed E-state index contributed by atoms with van der Waals surface area (Å²) in [4.78, 5) is 12.6. The van der Waals surface area contributed by atoms with Crippen molar-refractivity contribution in [3.05, 3.63) is 47.5 Å². The Morgan fingerprint density at radius 3 is 1.34 bits per heavy atom. The highest BCUT2D eigenvalue weighted by atomic mass is 16.5. The summed E-state index contributed by atoms with van der Waals surface area (Å²) in [6, 6.07) is 10.6. The van der Waals surface area contributed by atoms with Gasteiger partial charge < -0.3 is 29.6 Å². The smallest absolute Gasteiger partial charge is 0.315 e. The summed E-state index contributed by atoms with van der Waals surface area (Å²) in [7, 11) is 3.20. The number of carbonyl (C=O) groups excluding carboxylic acids is 1. The standard InChI is InChI=1S/C25H36N2O5/c1-15(2)31-21-11-9-19(13-23(21)29-7)17(5)26-25(28)27-18(6)20-10-12-22(32-16(3)4)24(14-20)30-8/h9-18H,1-8H3,(H2,26,27,28)/t17-,18-/m0/s1. The molecule has 0 bridgehead atoms. The van der Waals surface area contributed by atoms with Gasteiger partial charge in [0.25, 0.3) is 0 Å². The van der Waals surface area contributed by atoms with Gasteiger partial charge in [0, 0.05) is 0 Å². The number of hydrogen-bond acceptors (Lipinski definition) is 5. The molecule has 0 radical (unpaired) electrons. The molecule has 2 N–H and O–H groups in total. The number of urea groups is 1. The van der Waals surface area contributed by atoms with Crippen molar-refractivity contribution in [2.45, 2.75) is 65.8 Å². The van der Waals surface area contributed by atoms with Gasteiger partial charge >= 0.3 is 6.03 Å². The molecule has 0 fully saturated rings. The van der Waals surface area contributed by atoms with Crippen LogP contribution in [0.3, 0.4) is 0 Å². The van der Waals surface area contributed by atoms with E-state index in [1.165, 1.54) is 0 Å². The van der Waals surface area contributed by atoms with E-state index >= 15 is 0 Å². The Hall–Kier alpha value is -3.09. The zero-order valence-corrected chi connectivity index (χ0v) is 20.3. The van der Waals surface area contributed by atoms with Crippen LogP contribution in [-0.2, 0) is 0 Å². The molecular formula is C25H36N2O5. The molecule has 0 aliphatic rings. The number of carbonyl (C=O) groups is 1. The molecule has 0 aliphatic carbocycles. The lowest BCUT2D eigenvalue weighted by molar-refractivity contribution is 0.229. The van der Waals surface area contributed by atoms with Gasteiger partial charge in [-0.05, 0) is 76.9 Å². The van der Waals surface area contributed by atoms with Crippen LogP contribution in [0.1, 0.15) is 64.8 Å². The molecule has 0 heterocycles. The predicted octanol–water partition coefficient (Wildman–Crippen LogP) is 5.40. The van der Waals surface area contributed by atoms with E-state index in [2.05, 4.69) is 10.6 Å². The summed E-state index contributed by atoms with van der Waals surface area (Å²) in [5.74, 6) is 2.62. The van der Waals surface area contributed by atoms with Gasteiger partial charge in [-0.25, -0.2) is 4.79 Å².